The van der Waals surface area contributed by atoms with E-state index in [0.29, 0.717) is 44.2 Å². The Labute approximate surface area is 136 Å². The smallest absolute Gasteiger partial charge is 0.409 e. The summed E-state index contributed by atoms with van der Waals surface area (Å²) in [5, 5.41) is 2.85. The summed E-state index contributed by atoms with van der Waals surface area (Å²) in [6.07, 6.45) is -0.286. The molecule has 1 saturated heterocycles. The quantitative estimate of drug-likeness (QED) is 0.888. The monoisotopic (exact) mass is 321 g/mol. The van der Waals surface area contributed by atoms with Gasteiger partial charge >= 0.3 is 6.09 Å². The van der Waals surface area contributed by atoms with Crippen LogP contribution >= 0.6 is 0 Å². The van der Waals surface area contributed by atoms with Gasteiger partial charge in [-0.25, -0.2) is 4.79 Å². The molecule has 0 radical (unpaired) electrons. The summed E-state index contributed by atoms with van der Waals surface area (Å²) in [5.74, 6) is 0.534. The Morgan fingerprint density at radius 3 is 2.52 bits per heavy atom. The predicted octanol–water partition coefficient (Wildman–Crippen LogP) is 1.41. The molecule has 7 nitrogen and oxygen atoms in total. The van der Waals surface area contributed by atoms with Crippen molar-refractivity contribution in [1.82, 2.24) is 9.80 Å². The molecule has 0 bridgehead atoms. The number of carbonyl (C=O) groups excluding carboxylic acids is 2. The van der Waals surface area contributed by atoms with Gasteiger partial charge in [0.25, 0.3) is 0 Å². The van der Waals surface area contributed by atoms with Crippen molar-refractivity contribution in [3.05, 3.63) is 24.3 Å². The van der Waals surface area contributed by atoms with Crippen LogP contribution in [0.2, 0.25) is 0 Å². The first kappa shape index (κ1) is 17.1. The van der Waals surface area contributed by atoms with E-state index in [1.165, 1.54) is 0 Å². The van der Waals surface area contributed by atoms with Crippen molar-refractivity contribution in [1.29, 1.82) is 0 Å². The van der Waals surface area contributed by atoms with Crippen molar-refractivity contribution in [2.75, 3.05) is 51.8 Å². The standard InChI is InChI=1S/C16H23N3O4/c1-3-23-16(21)19-10-8-18(9-11-19)12-15(20)17-13-6-4-5-7-14(13)22-2/h4-7H,3,8-12H2,1-2H3,(H,17,20). The lowest BCUT2D eigenvalue weighted by atomic mass is 10.3. The van der Waals surface area contributed by atoms with E-state index in [0.717, 1.165) is 0 Å². The van der Waals surface area contributed by atoms with Crippen LogP contribution in [-0.2, 0) is 9.53 Å². The molecule has 23 heavy (non-hydrogen) atoms. The summed E-state index contributed by atoms with van der Waals surface area (Å²) in [5.41, 5.74) is 0.658. The Hall–Kier alpha value is -2.28. The average molecular weight is 321 g/mol. The van der Waals surface area contributed by atoms with Crippen molar-refractivity contribution >= 4 is 17.7 Å². The second-order valence-corrected chi connectivity index (χ2v) is 5.21. The Morgan fingerprint density at radius 1 is 1.17 bits per heavy atom. The fraction of sp³-hybridized carbons (Fsp3) is 0.500. The van der Waals surface area contributed by atoms with Crippen molar-refractivity contribution in [2.24, 2.45) is 0 Å². The molecule has 0 spiro atoms. The molecule has 1 aliphatic heterocycles. The molecule has 0 unspecified atom stereocenters. The molecular weight excluding hydrogens is 298 g/mol. The van der Waals surface area contributed by atoms with E-state index in [1.54, 1.807) is 31.1 Å². The van der Waals surface area contributed by atoms with Crippen LogP contribution in [0.5, 0.6) is 5.75 Å². The Balaban J connectivity index is 1.80. The topological polar surface area (TPSA) is 71.1 Å². The van der Waals surface area contributed by atoms with Crippen molar-refractivity contribution in [3.63, 3.8) is 0 Å². The molecule has 2 rings (SSSR count). The van der Waals surface area contributed by atoms with Crippen molar-refractivity contribution in [2.45, 2.75) is 6.92 Å². The fourth-order valence-electron chi connectivity index (χ4n) is 2.44. The van der Waals surface area contributed by atoms with E-state index in [4.69, 9.17) is 9.47 Å². The highest BCUT2D eigenvalue weighted by molar-refractivity contribution is 5.93. The molecule has 1 aromatic carbocycles. The minimum Gasteiger partial charge on any atom is -0.495 e. The van der Waals surface area contributed by atoms with Gasteiger partial charge in [0.2, 0.25) is 5.91 Å². The van der Waals surface area contributed by atoms with Crippen molar-refractivity contribution in [3.8, 4) is 5.75 Å². The first-order valence-electron chi connectivity index (χ1n) is 7.71. The molecule has 0 aromatic heterocycles. The van der Waals surface area contributed by atoms with Crippen LogP contribution in [0.25, 0.3) is 0 Å². The lowest BCUT2D eigenvalue weighted by Crippen LogP contribution is -2.50. The molecule has 7 heteroatoms. The third-order valence-electron chi connectivity index (χ3n) is 3.65. The number of nitrogens with zero attached hydrogens (tertiary/aromatic N) is 2. The maximum Gasteiger partial charge on any atom is 0.409 e. The van der Waals surface area contributed by atoms with Gasteiger partial charge in [-0.2, -0.15) is 0 Å². The van der Waals surface area contributed by atoms with Crippen LogP contribution in [0.15, 0.2) is 24.3 Å². The number of rotatable bonds is 5. The average Bonchev–Trinajstić information content (AvgIpc) is 2.56. The van der Waals surface area contributed by atoms with Gasteiger partial charge in [0.15, 0.2) is 0 Å². The molecule has 0 atom stereocenters. The zero-order valence-electron chi connectivity index (χ0n) is 13.6. The summed E-state index contributed by atoms with van der Waals surface area (Å²) in [6.45, 7) is 4.89. The Kier molecular flexibility index (Phi) is 6.22. The highest BCUT2D eigenvalue weighted by atomic mass is 16.6. The van der Waals surface area contributed by atoms with E-state index in [2.05, 4.69) is 5.32 Å². The van der Waals surface area contributed by atoms with Gasteiger partial charge < -0.3 is 19.7 Å². The second kappa shape index (κ2) is 8.38. The summed E-state index contributed by atoms with van der Waals surface area (Å²) in [7, 11) is 1.57. The number of carbonyl (C=O) groups is 2. The highest BCUT2D eigenvalue weighted by Gasteiger charge is 2.23. The zero-order valence-corrected chi connectivity index (χ0v) is 13.6. The number of methoxy groups -OCH3 is 1. The minimum atomic E-state index is -0.286. The number of benzene rings is 1. The van der Waals surface area contributed by atoms with Gasteiger partial charge in [0.1, 0.15) is 5.75 Å². The van der Waals surface area contributed by atoms with Crippen LogP contribution in [-0.4, -0.2) is 68.2 Å². The summed E-state index contributed by atoms with van der Waals surface area (Å²) >= 11 is 0. The van der Waals surface area contributed by atoms with Crippen LogP contribution in [0.4, 0.5) is 10.5 Å². The summed E-state index contributed by atoms with van der Waals surface area (Å²) in [4.78, 5) is 27.5. The highest BCUT2D eigenvalue weighted by Crippen LogP contribution is 2.22. The third-order valence-corrected chi connectivity index (χ3v) is 3.65. The number of hydrogen-bond donors (Lipinski definition) is 1. The molecule has 0 saturated carbocycles. The lowest BCUT2D eigenvalue weighted by molar-refractivity contribution is -0.117. The van der Waals surface area contributed by atoms with E-state index in [9.17, 15) is 9.59 Å². The van der Waals surface area contributed by atoms with Gasteiger partial charge in [-0.05, 0) is 19.1 Å². The van der Waals surface area contributed by atoms with Crippen LogP contribution < -0.4 is 10.1 Å². The number of ether oxygens (including phenoxy) is 2. The maximum absolute atomic E-state index is 12.2. The normalized spacial score (nSPS) is 15.1. The first-order chi connectivity index (χ1) is 11.1. The number of para-hydroxylation sites is 2. The van der Waals surface area contributed by atoms with Gasteiger partial charge in [-0.15, -0.1) is 0 Å². The number of nitrogens with one attached hydrogen (secondary N) is 1. The lowest BCUT2D eigenvalue weighted by Gasteiger charge is -2.33. The van der Waals surface area contributed by atoms with Crippen LogP contribution in [0, 0.1) is 0 Å². The number of anilines is 1. The first-order valence-corrected chi connectivity index (χ1v) is 7.71. The van der Waals surface area contributed by atoms with Crippen LogP contribution in [0.3, 0.4) is 0 Å². The van der Waals surface area contributed by atoms with E-state index < -0.39 is 0 Å². The molecule has 126 valence electrons. The van der Waals surface area contributed by atoms with Gasteiger partial charge in [0.05, 0.1) is 25.9 Å². The SMILES string of the molecule is CCOC(=O)N1CCN(CC(=O)Nc2ccccc2OC)CC1. The molecule has 1 aromatic rings. The van der Waals surface area contributed by atoms with Gasteiger partial charge in [-0.3, -0.25) is 9.69 Å². The van der Waals surface area contributed by atoms with E-state index in [-0.39, 0.29) is 18.5 Å². The van der Waals surface area contributed by atoms with Gasteiger partial charge in [0, 0.05) is 26.2 Å². The molecule has 0 aliphatic carbocycles. The molecule has 1 heterocycles. The number of piperazine rings is 1. The van der Waals surface area contributed by atoms with E-state index in [1.807, 2.05) is 17.0 Å². The summed E-state index contributed by atoms with van der Waals surface area (Å²) in [6, 6.07) is 7.29. The van der Waals surface area contributed by atoms with Crippen molar-refractivity contribution < 1.29 is 19.1 Å². The molecule has 1 N–H and O–H groups in total. The zero-order chi connectivity index (χ0) is 16.7. The molecule has 1 fully saturated rings. The second-order valence-electron chi connectivity index (χ2n) is 5.21. The van der Waals surface area contributed by atoms with Gasteiger partial charge in [-0.1, -0.05) is 12.1 Å². The Bertz CT molecular complexity index is 542. The van der Waals surface area contributed by atoms with Crippen LogP contribution in [0.1, 0.15) is 6.92 Å². The largest absolute Gasteiger partial charge is 0.495 e. The predicted molar refractivity (Wildman–Crippen MR) is 86.7 cm³/mol. The third kappa shape index (κ3) is 4.85. The maximum atomic E-state index is 12.2. The number of amides is 2. The van der Waals surface area contributed by atoms with E-state index >= 15 is 0 Å². The molecule has 1 aliphatic rings. The summed E-state index contributed by atoms with van der Waals surface area (Å²) < 4.78 is 10.2. The Morgan fingerprint density at radius 2 is 1.87 bits per heavy atom. The number of hydrogen-bond acceptors (Lipinski definition) is 5. The minimum absolute atomic E-state index is 0.0981. The fourth-order valence-corrected chi connectivity index (χ4v) is 2.44. The molecular formula is C16H23N3O4. The molecule has 2 amide bonds.